The summed E-state index contributed by atoms with van der Waals surface area (Å²) in [7, 11) is 1.65. The number of benzene rings is 1. The first-order valence-corrected chi connectivity index (χ1v) is 6.41. The van der Waals surface area contributed by atoms with Gasteiger partial charge < -0.3 is 14.8 Å². The molecule has 19 heavy (non-hydrogen) atoms. The van der Waals surface area contributed by atoms with Crippen LogP contribution in [0.5, 0.6) is 0 Å². The Bertz CT molecular complexity index is 424. The normalized spacial score (nSPS) is 12.9. The molecule has 0 heterocycles. The number of nitrogens with one attached hydrogen (secondary N) is 1. The van der Waals surface area contributed by atoms with Crippen molar-refractivity contribution in [1.82, 2.24) is 0 Å². The van der Waals surface area contributed by atoms with Crippen LogP contribution in [0.2, 0.25) is 0 Å². The maximum atomic E-state index is 12.1. The van der Waals surface area contributed by atoms with Crippen LogP contribution in [0, 0.1) is 0 Å². The first-order valence-electron chi connectivity index (χ1n) is 6.41. The van der Waals surface area contributed by atoms with Crippen LogP contribution in [-0.4, -0.2) is 31.3 Å². The Hall–Kier alpha value is -1.55. The molecule has 106 valence electrons. The third-order valence-corrected chi connectivity index (χ3v) is 2.36. The van der Waals surface area contributed by atoms with Gasteiger partial charge in [-0.05, 0) is 39.8 Å². The number of hydrogen-bond acceptors (Lipinski definition) is 4. The van der Waals surface area contributed by atoms with Gasteiger partial charge in [0.15, 0.2) is 0 Å². The van der Waals surface area contributed by atoms with E-state index in [0.717, 1.165) is 5.69 Å². The lowest BCUT2D eigenvalue weighted by Crippen LogP contribution is -2.26. The number of ether oxygens (including phenoxy) is 2. The third kappa shape index (κ3) is 5.30. The van der Waals surface area contributed by atoms with Gasteiger partial charge in [0.2, 0.25) is 0 Å². The van der Waals surface area contributed by atoms with Crippen molar-refractivity contribution in [2.45, 2.75) is 39.3 Å². The molecule has 1 rings (SSSR count). The van der Waals surface area contributed by atoms with E-state index in [2.05, 4.69) is 5.32 Å². The largest absolute Gasteiger partial charge is 0.456 e. The minimum atomic E-state index is -0.498. The Labute approximate surface area is 115 Å². The SMILES string of the molecule is COC[C@H](C)Nc1ccccc1C(=O)OC(C)(C)C. The smallest absolute Gasteiger partial charge is 0.340 e. The first kappa shape index (κ1) is 15.5. The zero-order valence-electron chi connectivity index (χ0n) is 12.3. The highest BCUT2D eigenvalue weighted by molar-refractivity contribution is 5.95. The molecule has 0 unspecified atom stereocenters. The van der Waals surface area contributed by atoms with Gasteiger partial charge in [-0.25, -0.2) is 4.79 Å². The highest BCUT2D eigenvalue weighted by Crippen LogP contribution is 2.20. The van der Waals surface area contributed by atoms with Crippen molar-refractivity contribution in [3.05, 3.63) is 29.8 Å². The van der Waals surface area contributed by atoms with E-state index in [0.29, 0.717) is 12.2 Å². The molecule has 0 radical (unpaired) electrons. The van der Waals surface area contributed by atoms with Gasteiger partial charge in [0.05, 0.1) is 12.2 Å². The lowest BCUT2D eigenvalue weighted by atomic mass is 10.1. The van der Waals surface area contributed by atoms with E-state index in [1.54, 1.807) is 13.2 Å². The van der Waals surface area contributed by atoms with Crippen molar-refractivity contribution in [2.75, 3.05) is 19.0 Å². The maximum absolute atomic E-state index is 12.1. The van der Waals surface area contributed by atoms with Crippen molar-refractivity contribution in [3.63, 3.8) is 0 Å². The van der Waals surface area contributed by atoms with Crippen LogP contribution < -0.4 is 5.32 Å². The fourth-order valence-electron chi connectivity index (χ4n) is 1.68. The second-order valence-corrected chi connectivity index (χ2v) is 5.55. The topological polar surface area (TPSA) is 47.6 Å². The molecule has 0 amide bonds. The van der Waals surface area contributed by atoms with Crippen LogP contribution in [0.1, 0.15) is 38.1 Å². The fraction of sp³-hybridized carbons (Fsp3) is 0.533. The molecule has 1 N–H and O–H groups in total. The van der Waals surface area contributed by atoms with Gasteiger partial charge in [-0.2, -0.15) is 0 Å². The van der Waals surface area contributed by atoms with Crippen molar-refractivity contribution in [2.24, 2.45) is 0 Å². The van der Waals surface area contributed by atoms with Crippen LogP contribution in [0.15, 0.2) is 24.3 Å². The number of carbonyl (C=O) groups is 1. The van der Waals surface area contributed by atoms with Crippen LogP contribution in [-0.2, 0) is 9.47 Å². The van der Waals surface area contributed by atoms with E-state index in [1.807, 2.05) is 45.9 Å². The van der Waals surface area contributed by atoms with Gasteiger partial charge in [0.1, 0.15) is 5.60 Å². The molecule has 0 spiro atoms. The van der Waals surface area contributed by atoms with E-state index in [9.17, 15) is 4.79 Å². The molecule has 1 aromatic rings. The Kier molecular flexibility index (Phi) is 5.36. The maximum Gasteiger partial charge on any atom is 0.340 e. The van der Waals surface area contributed by atoms with Crippen LogP contribution in [0.4, 0.5) is 5.69 Å². The predicted molar refractivity (Wildman–Crippen MR) is 76.6 cm³/mol. The summed E-state index contributed by atoms with van der Waals surface area (Å²) in [6.45, 7) is 8.13. The summed E-state index contributed by atoms with van der Waals surface area (Å²) in [5.41, 5.74) is 0.809. The number of esters is 1. The summed E-state index contributed by atoms with van der Waals surface area (Å²) in [5.74, 6) is -0.319. The average Bonchev–Trinajstić information content (AvgIpc) is 2.27. The van der Waals surface area contributed by atoms with E-state index >= 15 is 0 Å². The number of rotatable bonds is 5. The van der Waals surface area contributed by atoms with Gasteiger partial charge >= 0.3 is 5.97 Å². The Morgan fingerprint density at radius 3 is 2.53 bits per heavy atom. The van der Waals surface area contributed by atoms with Gasteiger partial charge in [-0.1, -0.05) is 12.1 Å². The molecule has 4 nitrogen and oxygen atoms in total. The zero-order chi connectivity index (χ0) is 14.5. The molecule has 0 saturated heterocycles. The summed E-state index contributed by atoms with van der Waals surface area (Å²) in [6, 6.07) is 7.45. The molecule has 1 atom stereocenters. The molecule has 1 aromatic carbocycles. The molecule has 0 aliphatic heterocycles. The highest BCUT2D eigenvalue weighted by atomic mass is 16.6. The summed E-state index contributed by atoms with van der Waals surface area (Å²) >= 11 is 0. The minimum absolute atomic E-state index is 0.119. The van der Waals surface area contributed by atoms with E-state index in [1.165, 1.54) is 0 Å². The summed E-state index contributed by atoms with van der Waals surface area (Å²) < 4.78 is 10.5. The summed E-state index contributed by atoms with van der Waals surface area (Å²) in [4.78, 5) is 12.1. The van der Waals surface area contributed by atoms with Crippen molar-refractivity contribution in [3.8, 4) is 0 Å². The molecule has 0 aliphatic rings. The number of hydrogen-bond donors (Lipinski definition) is 1. The number of methoxy groups -OCH3 is 1. The molecule has 0 bridgehead atoms. The molecule has 4 heteroatoms. The Morgan fingerprint density at radius 1 is 1.32 bits per heavy atom. The first-order chi connectivity index (χ1) is 8.83. The molecular formula is C15H23NO3. The van der Waals surface area contributed by atoms with Gasteiger partial charge in [0.25, 0.3) is 0 Å². The molecular weight excluding hydrogens is 242 g/mol. The van der Waals surface area contributed by atoms with E-state index in [-0.39, 0.29) is 12.0 Å². The van der Waals surface area contributed by atoms with Crippen LogP contribution >= 0.6 is 0 Å². The van der Waals surface area contributed by atoms with E-state index < -0.39 is 5.60 Å². The molecule has 0 fully saturated rings. The summed E-state index contributed by atoms with van der Waals surface area (Å²) in [5, 5.41) is 3.25. The zero-order valence-corrected chi connectivity index (χ0v) is 12.3. The van der Waals surface area contributed by atoms with Gasteiger partial charge in [-0.3, -0.25) is 0 Å². The monoisotopic (exact) mass is 265 g/mol. The average molecular weight is 265 g/mol. The number of para-hydroxylation sites is 1. The van der Waals surface area contributed by atoms with E-state index in [4.69, 9.17) is 9.47 Å². The Morgan fingerprint density at radius 2 is 1.95 bits per heavy atom. The minimum Gasteiger partial charge on any atom is -0.456 e. The van der Waals surface area contributed by atoms with Crippen LogP contribution in [0.3, 0.4) is 0 Å². The predicted octanol–water partition coefficient (Wildman–Crippen LogP) is 3.09. The number of carbonyl (C=O) groups excluding carboxylic acids is 1. The standard InChI is InChI=1S/C15H23NO3/c1-11(10-18-5)16-13-9-7-6-8-12(13)14(17)19-15(2,3)4/h6-9,11,16H,10H2,1-5H3/t11-/m0/s1. The molecule has 0 aliphatic carbocycles. The highest BCUT2D eigenvalue weighted by Gasteiger charge is 2.20. The number of anilines is 1. The second kappa shape index (κ2) is 6.57. The van der Waals surface area contributed by atoms with Gasteiger partial charge in [-0.15, -0.1) is 0 Å². The Balaban J connectivity index is 2.86. The molecule has 0 saturated carbocycles. The second-order valence-electron chi connectivity index (χ2n) is 5.55. The van der Waals surface area contributed by atoms with Crippen molar-refractivity contribution in [1.29, 1.82) is 0 Å². The lowest BCUT2D eigenvalue weighted by molar-refractivity contribution is 0.00706. The lowest BCUT2D eigenvalue weighted by Gasteiger charge is -2.22. The third-order valence-electron chi connectivity index (χ3n) is 2.36. The fourth-order valence-corrected chi connectivity index (χ4v) is 1.68. The van der Waals surface area contributed by atoms with Crippen molar-refractivity contribution >= 4 is 11.7 Å². The quantitative estimate of drug-likeness (QED) is 0.831. The molecule has 0 aromatic heterocycles. The van der Waals surface area contributed by atoms with Crippen molar-refractivity contribution < 1.29 is 14.3 Å². The summed E-state index contributed by atoms with van der Waals surface area (Å²) in [6.07, 6.45) is 0. The van der Waals surface area contributed by atoms with Gasteiger partial charge in [0, 0.05) is 18.8 Å². The van der Waals surface area contributed by atoms with Crippen LogP contribution in [0.25, 0.3) is 0 Å².